The lowest BCUT2D eigenvalue weighted by Crippen LogP contribution is -2.40. The zero-order valence-corrected chi connectivity index (χ0v) is 11.5. The van der Waals surface area contributed by atoms with Crippen molar-refractivity contribution in [2.24, 2.45) is 0 Å². The van der Waals surface area contributed by atoms with Crippen molar-refractivity contribution < 1.29 is 14.7 Å². The molecule has 2 rings (SSSR count). The number of carbonyl (C=O) groups is 2. The molecule has 0 saturated heterocycles. The molecule has 1 fully saturated rings. The number of amides is 2. The van der Waals surface area contributed by atoms with Crippen LogP contribution in [0.4, 0.5) is 5.13 Å². The number of thiazole rings is 1. The van der Waals surface area contributed by atoms with Crippen LogP contribution in [0.1, 0.15) is 43.1 Å². The van der Waals surface area contributed by atoms with Crippen molar-refractivity contribution in [3.63, 3.8) is 0 Å². The van der Waals surface area contributed by atoms with Crippen LogP contribution in [0.25, 0.3) is 0 Å². The Hall–Kier alpha value is -1.47. The van der Waals surface area contributed by atoms with E-state index in [0.29, 0.717) is 5.13 Å². The predicted molar refractivity (Wildman–Crippen MR) is 72.2 cm³/mol. The van der Waals surface area contributed by atoms with Gasteiger partial charge >= 0.3 is 0 Å². The Labute approximate surface area is 115 Å². The van der Waals surface area contributed by atoms with Gasteiger partial charge in [-0.25, -0.2) is 4.98 Å². The molecule has 1 aliphatic carbocycles. The van der Waals surface area contributed by atoms with E-state index in [-0.39, 0.29) is 24.1 Å². The lowest BCUT2D eigenvalue weighted by molar-refractivity contribution is -0.114. The van der Waals surface area contributed by atoms with E-state index in [1.165, 1.54) is 18.3 Å². The van der Waals surface area contributed by atoms with Gasteiger partial charge in [-0.1, -0.05) is 12.8 Å². The number of rotatable bonds is 4. The highest BCUT2D eigenvalue weighted by Crippen LogP contribution is 2.28. The molecule has 0 unspecified atom stereocenters. The summed E-state index contributed by atoms with van der Waals surface area (Å²) in [4.78, 5) is 26.7. The molecule has 1 aliphatic rings. The molecule has 19 heavy (non-hydrogen) atoms. The summed E-state index contributed by atoms with van der Waals surface area (Å²) in [5.41, 5.74) is -0.512. The van der Waals surface area contributed by atoms with Crippen molar-refractivity contribution in [2.75, 3.05) is 11.9 Å². The molecular weight excluding hydrogens is 266 g/mol. The van der Waals surface area contributed by atoms with Crippen molar-refractivity contribution in [1.29, 1.82) is 0 Å². The summed E-state index contributed by atoms with van der Waals surface area (Å²) in [5, 5.41) is 17.3. The summed E-state index contributed by atoms with van der Waals surface area (Å²) in [6.07, 6.45) is 3.44. The third-order valence-corrected chi connectivity index (χ3v) is 3.89. The van der Waals surface area contributed by atoms with Crippen LogP contribution in [-0.4, -0.2) is 34.1 Å². The van der Waals surface area contributed by atoms with Gasteiger partial charge < -0.3 is 15.7 Å². The zero-order valence-electron chi connectivity index (χ0n) is 10.7. The molecule has 0 aliphatic heterocycles. The van der Waals surface area contributed by atoms with E-state index in [1.54, 1.807) is 5.38 Å². The molecule has 0 bridgehead atoms. The normalized spacial score (nSPS) is 17.2. The Morgan fingerprint density at radius 3 is 2.79 bits per heavy atom. The van der Waals surface area contributed by atoms with Gasteiger partial charge in [0, 0.05) is 18.8 Å². The number of hydrogen-bond acceptors (Lipinski definition) is 5. The standard InChI is InChI=1S/C12H17N3O3S/c1-8(16)14-11-15-9(6-19-11)10(17)13-7-12(18)4-2-3-5-12/h6,18H,2-5,7H2,1H3,(H,13,17)(H,14,15,16). The quantitative estimate of drug-likeness (QED) is 0.772. The minimum Gasteiger partial charge on any atom is -0.388 e. The second-order valence-electron chi connectivity index (χ2n) is 4.83. The van der Waals surface area contributed by atoms with Gasteiger partial charge in [-0.15, -0.1) is 11.3 Å². The molecule has 0 radical (unpaired) electrons. The first-order valence-electron chi connectivity index (χ1n) is 6.22. The summed E-state index contributed by atoms with van der Waals surface area (Å²) in [7, 11) is 0. The Bertz CT molecular complexity index is 480. The van der Waals surface area contributed by atoms with E-state index >= 15 is 0 Å². The van der Waals surface area contributed by atoms with Gasteiger partial charge in [0.1, 0.15) is 5.69 Å². The van der Waals surface area contributed by atoms with Gasteiger partial charge in [0.05, 0.1) is 5.60 Å². The molecule has 1 aromatic rings. The highest BCUT2D eigenvalue weighted by Gasteiger charge is 2.31. The Kier molecular flexibility index (Phi) is 4.16. The van der Waals surface area contributed by atoms with Crippen LogP contribution < -0.4 is 10.6 Å². The summed E-state index contributed by atoms with van der Waals surface area (Å²) >= 11 is 1.20. The van der Waals surface area contributed by atoms with Crippen LogP contribution in [0.5, 0.6) is 0 Å². The SMILES string of the molecule is CC(=O)Nc1nc(C(=O)NCC2(O)CCCC2)cs1. The fourth-order valence-electron chi connectivity index (χ4n) is 2.13. The molecule has 0 aromatic carbocycles. The van der Waals surface area contributed by atoms with E-state index in [9.17, 15) is 14.7 Å². The number of aromatic nitrogens is 1. The second kappa shape index (κ2) is 5.66. The largest absolute Gasteiger partial charge is 0.388 e. The maximum Gasteiger partial charge on any atom is 0.270 e. The molecule has 104 valence electrons. The monoisotopic (exact) mass is 283 g/mol. The molecule has 0 atom stereocenters. The number of hydrogen-bond donors (Lipinski definition) is 3. The predicted octanol–water partition coefficient (Wildman–Crippen LogP) is 1.14. The first kappa shape index (κ1) is 14.0. The van der Waals surface area contributed by atoms with Gasteiger partial charge in [0.25, 0.3) is 5.91 Å². The highest BCUT2D eigenvalue weighted by atomic mass is 32.1. The van der Waals surface area contributed by atoms with Gasteiger partial charge in [0.2, 0.25) is 5.91 Å². The summed E-state index contributed by atoms with van der Waals surface area (Å²) in [6, 6.07) is 0. The first-order chi connectivity index (χ1) is 8.98. The van der Waals surface area contributed by atoms with E-state index in [0.717, 1.165) is 25.7 Å². The topological polar surface area (TPSA) is 91.3 Å². The van der Waals surface area contributed by atoms with Crippen LogP contribution in [0.3, 0.4) is 0 Å². The van der Waals surface area contributed by atoms with Gasteiger partial charge in [-0.3, -0.25) is 9.59 Å². The molecule has 3 N–H and O–H groups in total. The first-order valence-corrected chi connectivity index (χ1v) is 7.10. The van der Waals surface area contributed by atoms with Crippen LogP contribution >= 0.6 is 11.3 Å². The maximum atomic E-state index is 11.9. The highest BCUT2D eigenvalue weighted by molar-refractivity contribution is 7.14. The molecule has 0 spiro atoms. The van der Waals surface area contributed by atoms with Crippen molar-refractivity contribution in [2.45, 2.75) is 38.2 Å². The van der Waals surface area contributed by atoms with Crippen LogP contribution in [0.15, 0.2) is 5.38 Å². The number of anilines is 1. The molecule has 2 amide bonds. The molecule has 6 nitrogen and oxygen atoms in total. The van der Waals surface area contributed by atoms with Gasteiger partial charge in [-0.05, 0) is 12.8 Å². The van der Waals surface area contributed by atoms with Crippen LogP contribution in [0, 0.1) is 0 Å². The molecular formula is C12H17N3O3S. The van der Waals surface area contributed by atoms with Crippen molar-refractivity contribution in [3.8, 4) is 0 Å². The van der Waals surface area contributed by atoms with Crippen LogP contribution in [0.2, 0.25) is 0 Å². The third kappa shape index (κ3) is 3.74. The fraction of sp³-hybridized carbons (Fsp3) is 0.583. The second-order valence-corrected chi connectivity index (χ2v) is 5.69. The number of aliphatic hydroxyl groups is 1. The number of nitrogens with zero attached hydrogens (tertiary/aromatic N) is 1. The lowest BCUT2D eigenvalue weighted by atomic mass is 10.0. The Morgan fingerprint density at radius 2 is 2.16 bits per heavy atom. The fourth-order valence-corrected chi connectivity index (χ4v) is 2.87. The van der Waals surface area contributed by atoms with Crippen LogP contribution in [-0.2, 0) is 4.79 Å². The Morgan fingerprint density at radius 1 is 1.47 bits per heavy atom. The lowest BCUT2D eigenvalue weighted by Gasteiger charge is -2.21. The van der Waals surface area contributed by atoms with E-state index in [4.69, 9.17) is 0 Å². The van der Waals surface area contributed by atoms with Crippen molar-refractivity contribution in [1.82, 2.24) is 10.3 Å². The minimum atomic E-state index is -0.772. The van der Waals surface area contributed by atoms with Gasteiger partial charge in [0.15, 0.2) is 5.13 Å². The van der Waals surface area contributed by atoms with E-state index < -0.39 is 5.60 Å². The van der Waals surface area contributed by atoms with Crippen molar-refractivity contribution >= 4 is 28.3 Å². The number of nitrogens with one attached hydrogen (secondary N) is 2. The average Bonchev–Trinajstić information content (AvgIpc) is 2.95. The average molecular weight is 283 g/mol. The smallest absolute Gasteiger partial charge is 0.270 e. The third-order valence-electron chi connectivity index (χ3n) is 3.13. The van der Waals surface area contributed by atoms with Crippen molar-refractivity contribution in [3.05, 3.63) is 11.1 Å². The summed E-state index contributed by atoms with van der Waals surface area (Å²) < 4.78 is 0. The summed E-state index contributed by atoms with van der Waals surface area (Å²) in [5.74, 6) is -0.547. The maximum absolute atomic E-state index is 11.9. The molecule has 1 aromatic heterocycles. The zero-order chi connectivity index (χ0) is 13.9. The van der Waals surface area contributed by atoms with E-state index in [2.05, 4.69) is 15.6 Å². The molecule has 7 heteroatoms. The molecule has 1 heterocycles. The molecule has 1 saturated carbocycles. The van der Waals surface area contributed by atoms with Gasteiger partial charge in [-0.2, -0.15) is 0 Å². The van der Waals surface area contributed by atoms with E-state index in [1.807, 2.05) is 0 Å². The minimum absolute atomic E-state index is 0.221. The Balaban J connectivity index is 1.89. The number of carbonyl (C=O) groups excluding carboxylic acids is 2. The summed E-state index contributed by atoms with van der Waals surface area (Å²) in [6.45, 7) is 1.63.